The molecule has 162 valence electrons. The van der Waals surface area contributed by atoms with Gasteiger partial charge in [0.05, 0.1) is 17.0 Å². The summed E-state index contributed by atoms with van der Waals surface area (Å²) in [5, 5.41) is 13.4. The van der Waals surface area contributed by atoms with Crippen molar-refractivity contribution in [2.24, 2.45) is 0 Å². The van der Waals surface area contributed by atoms with Gasteiger partial charge in [0.2, 0.25) is 5.91 Å². The zero-order chi connectivity index (χ0) is 23.2. The van der Waals surface area contributed by atoms with E-state index < -0.39 is 0 Å². The molecule has 1 amide bonds. The van der Waals surface area contributed by atoms with E-state index in [0.29, 0.717) is 16.3 Å². The van der Waals surface area contributed by atoms with Gasteiger partial charge >= 0.3 is 0 Å². The van der Waals surface area contributed by atoms with Crippen LogP contribution in [0.2, 0.25) is 0 Å². The third kappa shape index (κ3) is 5.91. The Morgan fingerprint density at radius 1 is 0.909 bits per heavy atom. The highest BCUT2D eigenvalue weighted by molar-refractivity contribution is 9.10. The monoisotopic (exact) mass is 577 g/mol. The minimum Gasteiger partial charge on any atom is -0.325 e. The minimum atomic E-state index is -0.164. The van der Waals surface area contributed by atoms with Gasteiger partial charge in [-0.1, -0.05) is 86.1 Å². The van der Waals surface area contributed by atoms with Crippen LogP contribution in [0, 0.1) is 11.3 Å². The minimum absolute atomic E-state index is 0.135. The molecule has 3 aromatic carbocycles. The van der Waals surface area contributed by atoms with Gasteiger partial charge in [-0.15, -0.1) is 0 Å². The predicted octanol–water partition coefficient (Wildman–Crippen LogP) is 7.54. The molecule has 0 fully saturated rings. The molecule has 0 aliphatic carbocycles. The number of hydrogen-bond donors (Lipinski definition) is 1. The lowest BCUT2D eigenvalue weighted by molar-refractivity contribution is -0.113. The number of nitrogens with zero attached hydrogens (tertiary/aromatic N) is 2. The van der Waals surface area contributed by atoms with Crippen LogP contribution in [0.15, 0.2) is 98.9 Å². The second-order valence-electron chi connectivity index (χ2n) is 7.06. The lowest BCUT2D eigenvalue weighted by Crippen LogP contribution is -2.14. The van der Waals surface area contributed by atoms with Crippen LogP contribution in [0.25, 0.3) is 22.4 Å². The number of nitriles is 1. The SMILES string of the molecule is N#Cc1c(-c2ccc(Br)cc2)cc(-c2ccccc2)nc1SCC(=O)Nc1ccc(Br)cc1. The first-order valence-corrected chi connectivity index (χ1v) is 12.6. The van der Waals surface area contributed by atoms with Crippen LogP contribution in [-0.4, -0.2) is 16.6 Å². The molecule has 0 atom stereocenters. The summed E-state index contributed by atoms with van der Waals surface area (Å²) in [7, 11) is 0. The number of hydrogen-bond acceptors (Lipinski definition) is 4. The fraction of sp³-hybridized carbons (Fsp3) is 0.0385. The molecule has 0 saturated carbocycles. The van der Waals surface area contributed by atoms with Crippen LogP contribution in [0.4, 0.5) is 5.69 Å². The van der Waals surface area contributed by atoms with Gasteiger partial charge in [0.15, 0.2) is 0 Å². The van der Waals surface area contributed by atoms with E-state index in [1.165, 1.54) is 11.8 Å². The predicted molar refractivity (Wildman–Crippen MR) is 141 cm³/mol. The molecule has 0 saturated heterocycles. The molecule has 1 aromatic heterocycles. The summed E-state index contributed by atoms with van der Waals surface area (Å²) in [5.41, 5.74) is 4.57. The van der Waals surface area contributed by atoms with Crippen LogP contribution in [0.5, 0.6) is 0 Å². The van der Waals surface area contributed by atoms with E-state index in [-0.39, 0.29) is 11.7 Å². The number of rotatable bonds is 6. The van der Waals surface area contributed by atoms with Crippen molar-refractivity contribution in [3.8, 4) is 28.5 Å². The average molecular weight is 579 g/mol. The van der Waals surface area contributed by atoms with Gasteiger partial charge < -0.3 is 5.32 Å². The molecule has 1 N–H and O–H groups in total. The largest absolute Gasteiger partial charge is 0.325 e. The lowest BCUT2D eigenvalue weighted by atomic mass is 9.99. The third-order valence-electron chi connectivity index (χ3n) is 4.79. The van der Waals surface area contributed by atoms with Gasteiger partial charge in [-0.3, -0.25) is 4.79 Å². The normalized spacial score (nSPS) is 10.5. The molecular formula is C26H17Br2N3OS. The molecule has 0 radical (unpaired) electrons. The lowest BCUT2D eigenvalue weighted by Gasteiger charge is -2.13. The van der Waals surface area contributed by atoms with Crippen LogP contribution in [-0.2, 0) is 4.79 Å². The second kappa shape index (κ2) is 10.8. The average Bonchev–Trinajstić information content (AvgIpc) is 2.84. The Morgan fingerprint density at radius 2 is 1.55 bits per heavy atom. The first kappa shape index (κ1) is 23.2. The van der Waals surface area contributed by atoms with E-state index in [9.17, 15) is 10.1 Å². The maximum Gasteiger partial charge on any atom is 0.234 e. The quantitative estimate of drug-likeness (QED) is 0.240. The maximum absolute atomic E-state index is 12.6. The molecule has 0 aliphatic rings. The first-order valence-electron chi connectivity index (χ1n) is 9.98. The Morgan fingerprint density at radius 3 is 2.18 bits per heavy atom. The standard InChI is InChI=1S/C26H17Br2N3OS/c27-19-8-6-17(7-9-19)22-14-24(18-4-2-1-3-5-18)31-26(23(22)15-29)33-16-25(32)30-21-12-10-20(28)11-13-21/h1-14H,16H2,(H,30,32). The summed E-state index contributed by atoms with van der Waals surface area (Å²) in [4.78, 5) is 17.3. The topological polar surface area (TPSA) is 65.8 Å². The summed E-state index contributed by atoms with van der Waals surface area (Å²) in [5.74, 6) is -0.0289. The summed E-state index contributed by atoms with van der Waals surface area (Å²) >= 11 is 8.11. The van der Waals surface area contributed by atoms with E-state index in [1.807, 2.05) is 84.9 Å². The molecule has 4 nitrogen and oxygen atoms in total. The highest BCUT2D eigenvalue weighted by Crippen LogP contribution is 2.34. The number of aromatic nitrogens is 1. The molecule has 4 rings (SSSR count). The van der Waals surface area contributed by atoms with E-state index in [0.717, 1.165) is 31.3 Å². The molecule has 0 spiro atoms. The van der Waals surface area contributed by atoms with Crippen LogP contribution >= 0.6 is 43.6 Å². The van der Waals surface area contributed by atoms with Gasteiger partial charge in [0.25, 0.3) is 0 Å². The Balaban J connectivity index is 1.67. The summed E-state index contributed by atoms with van der Waals surface area (Å²) in [6, 6.07) is 29.2. The van der Waals surface area contributed by atoms with E-state index in [2.05, 4.69) is 43.2 Å². The van der Waals surface area contributed by atoms with E-state index >= 15 is 0 Å². The van der Waals surface area contributed by atoms with Crippen molar-refractivity contribution in [3.63, 3.8) is 0 Å². The maximum atomic E-state index is 12.6. The van der Waals surface area contributed by atoms with Crippen molar-refractivity contribution < 1.29 is 4.79 Å². The van der Waals surface area contributed by atoms with Gasteiger partial charge in [-0.05, 0) is 48.0 Å². The van der Waals surface area contributed by atoms with Gasteiger partial charge in [-0.25, -0.2) is 4.98 Å². The van der Waals surface area contributed by atoms with Crippen molar-refractivity contribution in [1.29, 1.82) is 5.26 Å². The number of carbonyl (C=O) groups excluding carboxylic acids is 1. The van der Waals surface area contributed by atoms with Gasteiger partial charge in [0, 0.05) is 25.8 Å². The van der Waals surface area contributed by atoms with Crippen molar-refractivity contribution in [2.45, 2.75) is 5.03 Å². The zero-order valence-electron chi connectivity index (χ0n) is 17.3. The molecule has 1 heterocycles. The number of anilines is 1. The molecule has 0 bridgehead atoms. The molecule has 7 heteroatoms. The molecule has 0 aliphatic heterocycles. The van der Waals surface area contributed by atoms with Crippen LogP contribution in [0.3, 0.4) is 0 Å². The van der Waals surface area contributed by atoms with Crippen molar-refractivity contribution in [2.75, 3.05) is 11.1 Å². The Labute approximate surface area is 213 Å². The number of amides is 1. The first-order chi connectivity index (χ1) is 16.0. The number of carbonyl (C=O) groups is 1. The smallest absolute Gasteiger partial charge is 0.234 e. The highest BCUT2D eigenvalue weighted by atomic mass is 79.9. The zero-order valence-corrected chi connectivity index (χ0v) is 21.2. The number of pyridine rings is 1. The van der Waals surface area contributed by atoms with Crippen LogP contribution in [0.1, 0.15) is 5.56 Å². The Bertz CT molecular complexity index is 1320. The van der Waals surface area contributed by atoms with Gasteiger partial charge in [0.1, 0.15) is 11.1 Å². The van der Waals surface area contributed by atoms with E-state index in [4.69, 9.17) is 4.98 Å². The van der Waals surface area contributed by atoms with Crippen LogP contribution < -0.4 is 5.32 Å². The highest BCUT2D eigenvalue weighted by Gasteiger charge is 2.17. The molecule has 33 heavy (non-hydrogen) atoms. The van der Waals surface area contributed by atoms with E-state index in [1.54, 1.807) is 0 Å². The molecular weight excluding hydrogens is 562 g/mol. The van der Waals surface area contributed by atoms with Crippen molar-refractivity contribution in [1.82, 2.24) is 4.98 Å². The third-order valence-corrected chi connectivity index (χ3v) is 6.82. The number of nitrogens with one attached hydrogen (secondary N) is 1. The van der Waals surface area contributed by atoms with Crippen molar-refractivity contribution in [3.05, 3.63) is 99.4 Å². The summed E-state index contributed by atoms with van der Waals surface area (Å²) < 4.78 is 1.90. The van der Waals surface area contributed by atoms with Crippen molar-refractivity contribution >= 4 is 55.2 Å². The fourth-order valence-corrected chi connectivity index (χ4v) is 4.54. The summed E-state index contributed by atoms with van der Waals surface area (Å²) in [6.07, 6.45) is 0. The summed E-state index contributed by atoms with van der Waals surface area (Å²) in [6.45, 7) is 0. The Kier molecular flexibility index (Phi) is 7.61. The fourth-order valence-electron chi connectivity index (χ4n) is 3.21. The Hall–Kier alpha value is -2.92. The number of benzene rings is 3. The molecule has 4 aromatic rings. The number of halogens is 2. The van der Waals surface area contributed by atoms with Gasteiger partial charge in [-0.2, -0.15) is 5.26 Å². The second-order valence-corrected chi connectivity index (χ2v) is 9.86. The number of thioether (sulfide) groups is 1. The molecule has 0 unspecified atom stereocenters.